The lowest BCUT2D eigenvalue weighted by Crippen LogP contribution is -1.94. The van der Waals surface area contributed by atoms with E-state index < -0.39 is 9.05 Å². The molecule has 0 atom stereocenters. The van der Waals surface area contributed by atoms with Gasteiger partial charge < -0.3 is 5.73 Å². The highest BCUT2D eigenvalue weighted by atomic mass is 35.7. The molecule has 0 aliphatic heterocycles. The molecular weight excluding hydrogens is 221 g/mol. The summed E-state index contributed by atoms with van der Waals surface area (Å²) in [6.45, 7) is 0. The molecule has 2 N–H and O–H groups in total. The lowest BCUT2D eigenvalue weighted by atomic mass is 10.3. The lowest BCUT2D eigenvalue weighted by Gasteiger charge is -2.00. The second-order valence-electron chi connectivity index (χ2n) is 2.13. The second kappa shape index (κ2) is 3.12. The van der Waals surface area contributed by atoms with Crippen LogP contribution in [0.4, 0.5) is 5.69 Å². The lowest BCUT2D eigenvalue weighted by molar-refractivity contribution is 0.609. The van der Waals surface area contributed by atoms with E-state index in [1.165, 1.54) is 18.2 Å². The number of hydrogen-bond acceptors (Lipinski definition) is 3. The summed E-state index contributed by atoms with van der Waals surface area (Å²) in [6.07, 6.45) is 0. The highest BCUT2D eigenvalue weighted by molar-refractivity contribution is 8.13. The van der Waals surface area contributed by atoms with Crippen LogP contribution >= 0.6 is 22.3 Å². The van der Waals surface area contributed by atoms with Crippen molar-refractivity contribution in [2.24, 2.45) is 0 Å². The molecule has 0 spiro atoms. The number of halogens is 2. The van der Waals surface area contributed by atoms with Gasteiger partial charge in [-0.1, -0.05) is 11.6 Å². The van der Waals surface area contributed by atoms with Crippen LogP contribution < -0.4 is 5.73 Å². The fraction of sp³-hybridized carbons (Fsp3) is 0. The monoisotopic (exact) mass is 225 g/mol. The first-order valence-electron chi connectivity index (χ1n) is 2.91. The summed E-state index contributed by atoms with van der Waals surface area (Å²) in [5, 5.41) is 0.0687. The summed E-state index contributed by atoms with van der Waals surface area (Å²) < 4.78 is 21.7. The van der Waals surface area contributed by atoms with Crippen molar-refractivity contribution in [1.82, 2.24) is 0 Å². The maximum Gasteiger partial charge on any atom is 0.262 e. The standard InChI is InChI=1S/C6H5Cl2NO2S/c7-5-2-1-4(9)3-6(5)12(8,10)11/h1-3H,9H2. The van der Waals surface area contributed by atoms with Crippen LogP contribution in [0.5, 0.6) is 0 Å². The molecule has 0 aliphatic carbocycles. The van der Waals surface area contributed by atoms with E-state index in [0.717, 1.165) is 0 Å². The smallest absolute Gasteiger partial charge is 0.262 e. The first-order chi connectivity index (χ1) is 5.41. The van der Waals surface area contributed by atoms with Gasteiger partial charge >= 0.3 is 0 Å². The van der Waals surface area contributed by atoms with Crippen LogP contribution in [0, 0.1) is 0 Å². The summed E-state index contributed by atoms with van der Waals surface area (Å²) in [4.78, 5) is -0.161. The minimum absolute atomic E-state index is 0.0687. The Labute approximate surface area is 79.5 Å². The predicted molar refractivity (Wildman–Crippen MR) is 48.9 cm³/mol. The molecule has 0 saturated carbocycles. The molecule has 66 valence electrons. The maximum absolute atomic E-state index is 10.8. The Morgan fingerprint density at radius 3 is 2.33 bits per heavy atom. The topological polar surface area (TPSA) is 60.2 Å². The Kier molecular flexibility index (Phi) is 2.51. The molecule has 0 bridgehead atoms. The van der Waals surface area contributed by atoms with Crippen molar-refractivity contribution < 1.29 is 8.42 Å². The molecule has 3 nitrogen and oxygen atoms in total. The number of anilines is 1. The molecule has 0 radical (unpaired) electrons. The minimum atomic E-state index is -3.80. The van der Waals surface area contributed by atoms with Crippen LogP contribution in [0.2, 0.25) is 5.02 Å². The van der Waals surface area contributed by atoms with Crippen LogP contribution in [0.1, 0.15) is 0 Å². The fourth-order valence-corrected chi connectivity index (χ4v) is 2.21. The van der Waals surface area contributed by atoms with Crippen LogP contribution in [0.25, 0.3) is 0 Å². The molecule has 0 aromatic heterocycles. The Balaban J connectivity index is 3.43. The molecule has 0 fully saturated rings. The van der Waals surface area contributed by atoms with Crippen molar-refractivity contribution in [3.63, 3.8) is 0 Å². The van der Waals surface area contributed by atoms with Crippen LogP contribution in [0.3, 0.4) is 0 Å². The largest absolute Gasteiger partial charge is 0.399 e. The van der Waals surface area contributed by atoms with Gasteiger partial charge in [0.25, 0.3) is 9.05 Å². The van der Waals surface area contributed by atoms with Crippen molar-refractivity contribution in [2.45, 2.75) is 4.90 Å². The normalized spacial score (nSPS) is 11.5. The average molecular weight is 226 g/mol. The van der Waals surface area contributed by atoms with Gasteiger partial charge in [0, 0.05) is 16.4 Å². The molecule has 0 amide bonds. The Morgan fingerprint density at radius 1 is 1.33 bits per heavy atom. The van der Waals surface area contributed by atoms with Crippen LogP contribution in [-0.4, -0.2) is 8.42 Å². The van der Waals surface area contributed by atoms with Crippen molar-refractivity contribution in [3.8, 4) is 0 Å². The van der Waals surface area contributed by atoms with Crippen molar-refractivity contribution in [1.29, 1.82) is 0 Å². The van der Waals surface area contributed by atoms with Crippen LogP contribution in [-0.2, 0) is 9.05 Å². The molecule has 0 unspecified atom stereocenters. The van der Waals surface area contributed by atoms with Gasteiger partial charge in [-0.15, -0.1) is 0 Å². The molecule has 1 aromatic carbocycles. The van der Waals surface area contributed by atoms with E-state index in [-0.39, 0.29) is 9.92 Å². The van der Waals surface area contributed by atoms with E-state index >= 15 is 0 Å². The van der Waals surface area contributed by atoms with Gasteiger partial charge in [-0.3, -0.25) is 0 Å². The predicted octanol–water partition coefficient (Wildman–Crippen LogP) is 1.85. The van der Waals surface area contributed by atoms with E-state index in [0.29, 0.717) is 5.69 Å². The number of benzene rings is 1. The highest BCUT2D eigenvalue weighted by Gasteiger charge is 2.14. The summed E-state index contributed by atoms with van der Waals surface area (Å²) in [5.74, 6) is 0. The summed E-state index contributed by atoms with van der Waals surface area (Å²) in [5.41, 5.74) is 5.65. The van der Waals surface area contributed by atoms with Gasteiger partial charge in [-0.05, 0) is 18.2 Å². The number of rotatable bonds is 1. The van der Waals surface area contributed by atoms with Gasteiger partial charge in [0.05, 0.1) is 5.02 Å². The summed E-state index contributed by atoms with van der Waals surface area (Å²) >= 11 is 5.56. The fourth-order valence-electron chi connectivity index (χ4n) is 0.707. The number of nitrogen functional groups attached to an aromatic ring is 1. The Morgan fingerprint density at radius 2 is 1.92 bits per heavy atom. The molecular formula is C6H5Cl2NO2S. The van der Waals surface area contributed by atoms with Crippen molar-refractivity contribution in [2.75, 3.05) is 5.73 Å². The van der Waals surface area contributed by atoms with Gasteiger partial charge in [-0.2, -0.15) is 0 Å². The molecule has 6 heteroatoms. The van der Waals surface area contributed by atoms with E-state index in [2.05, 4.69) is 0 Å². The summed E-state index contributed by atoms with van der Waals surface area (Å²) in [7, 11) is 1.27. The van der Waals surface area contributed by atoms with Gasteiger partial charge in [-0.25, -0.2) is 8.42 Å². The summed E-state index contributed by atoms with van der Waals surface area (Å²) in [6, 6.07) is 4.09. The molecule has 0 heterocycles. The SMILES string of the molecule is Nc1ccc(Cl)c(S(=O)(=O)Cl)c1. The van der Waals surface area contributed by atoms with E-state index in [1.807, 2.05) is 0 Å². The third-order valence-corrected chi connectivity index (χ3v) is 3.02. The maximum atomic E-state index is 10.8. The minimum Gasteiger partial charge on any atom is -0.399 e. The second-order valence-corrected chi connectivity index (χ2v) is 5.07. The first-order valence-corrected chi connectivity index (χ1v) is 5.59. The highest BCUT2D eigenvalue weighted by Crippen LogP contribution is 2.26. The van der Waals surface area contributed by atoms with Crippen molar-refractivity contribution in [3.05, 3.63) is 23.2 Å². The average Bonchev–Trinajstić information content (AvgIpc) is 1.92. The van der Waals surface area contributed by atoms with E-state index in [9.17, 15) is 8.42 Å². The zero-order valence-corrected chi connectivity index (χ0v) is 8.12. The molecule has 1 aromatic rings. The van der Waals surface area contributed by atoms with Gasteiger partial charge in [0.2, 0.25) is 0 Å². The van der Waals surface area contributed by atoms with E-state index in [1.54, 1.807) is 0 Å². The molecule has 0 aliphatic rings. The zero-order chi connectivity index (χ0) is 9.35. The number of nitrogens with two attached hydrogens (primary N) is 1. The zero-order valence-electron chi connectivity index (χ0n) is 5.79. The number of hydrogen-bond donors (Lipinski definition) is 1. The van der Waals surface area contributed by atoms with E-state index in [4.69, 9.17) is 28.0 Å². The molecule has 1 rings (SSSR count). The third-order valence-electron chi connectivity index (χ3n) is 1.22. The first kappa shape index (κ1) is 9.64. The molecule has 0 saturated heterocycles. The van der Waals surface area contributed by atoms with Crippen molar-refractivity contribution >= 4 is 37.0 Å². The van der Waals surface area contributed by atoms with Gasteiger partial charge in [0.1, 0.15) is 4.90 Å². The van der Waals surface area contributed by atoms with Gasteiger partial charge in [0.15, 0.2) is 0 Å². The Bertz CT molecular complexity index is 402. The molecule has 12 heavy (non-hydrogen) atoms. The Hall–Kier alpha value is -0.450. The third kappa shape index (κ3) is 2.03. The van der Waals surface area contributed by atoms with Crippen LogP contribution in [0.15, 0.2) is 23.1 Å². The quantitative estimate of drug-likeness (QED) is 0.587.